The first-order chi connectivity index (χ1) is 25.2. The van der Waals surface area contributed by atoms with Gasteiger partial charge in [0.1, 0.15) is 0 Å². The second kappa shape index (κ2) is 17.6. The van der Waals surface area contributed by atoms with Crippen molar-refractivity contribution in [3.8, 4) is 45.8 Å². The van der Waals surface area contributed by atoms with Gasteiger partial charge in [0, 0.05) is 48.0 Å². The zero-order valence-corrected chi connectivity index (χ0v) is 31.8. The van der Waals surface area contributed by atoms with Gasteiger partial charge in [-0.3, -0.25) is 0 Å². The maximum Gasteiger partial charge on any atom is 0.264 e. The summed E-state index contributed by atoms with van der Waals surface area (Å²) in [4.78, 5) is 8.39. The minimum atomic E-state index is -3.87. The molecule has 6 rings (SSSR count). The molecule has 2 heterocycles. The molecule has 0 fully saturated rings. The molecule has 0 bridgehead atoms. The van der Waals surface area contributed by atoms with Gasteiger partial charge in [-0.25, -0.2) is 30.9 Å². The zero-order chi connectivity index (χ0) is 38.8. The van der Waals surface area contributed by atoms with E-state index in [0.29, 0.717) is 40.6 Å². The van der Waals surface area contributed by atoms with Crippen molar-refractivity contribution in [2.45, 2.75) is 9.79 Å². The topological polar surface area (TPSA) is 205 Å². The number of nitrogen functional groups attached to an aromatic ring is 1. The summed E-state index contributed by atoms with van der Waals surface area (Å²) in [5.41, 5.74) is 7.34. The molecular formula is C34H37ClN8O8S2. The molecule has 53 heavy (non-hydrogen) atoms. The fraction of sp³-hybridized carbons (Fsp3) is 0.176. The molecule has 0 aliphatic rings. The van der Waals surface area contributed by atoms with Gasteiger partial charge in [-0.05, 0) is 24.3 Å². The lowest BCUT2D eigenvalue weighted by atomic mass is 10.2. The predicted octanol–water partition coefficient (Wildman–Crippen LogP) is 5.00. The number of benzene rings is 4. The maximum atomic E-state index is 12.7. The number of rotatable bonds is 10. The van der Waals surface area contributed by atoms with E-state index in [1.165, 1.54) is 69.5 Å². The summed E-state index contributed by atoms with van der Waals surface area (Å²) < 4.78 is 72.8. The van der Waals surface area contributed by atoms with Gasteiger partial charge in [0.2, 0.25) is 11.9 Å². The minimum Gasteiger partial charge on any atom is -0.493 e. The van der Waals surface area contributed by atoms with Crippen LogP contribution in [0.15, 0.2) is 107 Å². The van der Waals surface area contributed by atoms with Crippen LogP contribution in [0.25, 0.3) is 22.8 Å². The van der Waals surface area contributed by atoms with Gasteiger partial charge in [0.15, 0.2) is 34.6 Å². The summed E-state index contributed by atoms with van der Waals surface area (Å²) in [6.07, 6.45) is 0. The number of nitrogens with two attached hydrogens (primary N) is 1. The molecule has 0 aliphatic carbocycles. The van der Waals surface area contributed by atoms with Crippen LogP contribution in [0.3, 0.4) is 0 Å². The van der Waals surface area contributed by atoms with E-state index in [2.05, 4.69) is 24.9 Å². The summed E-state index contributed by atoms with van der Waals surface area (Å²) in [5, 5.41) is 8.41. The maximum absolute atomic E-state index is 12.7. The number of anilines is 2. The molecule has 0 spiro atoms. The van der Waals surface area contributed by atoms with Gasteiger partial charge in [-0.2, -0.15) is 9.97 Å². The number of methoxy groups -OCH3 is 4. The SMILES string of the molecule is COc1ccc(S(=O)(=O)Cl)cc1OC.COc1ccc(S(=O)(=O)Nc2nc(-c3ccccc3)nn2C)cc1OC.Cn1nc(-c2ccccc2)nc1N. The normalized spacial score (nSPS) is 10.9. The lowest BCUT2D eigenvalue weighted by Crippen LogP contribution is -2.16. The Hall–Kier alpha value is -5.85. The third-order valence-corrected chi connectivity index (χ3v) is 9.83. The number of ether oxygens (including phenoxy) is 4. The molecular weight excluding hydrogens is 748 g/mol. The number of nitrogens with zero attached hydrogens (tertiary/aromatic N) is 6. The lowest BCUT2D eigenvalue weighted by molar-refractivity contribution is 0.354. The fourth-order valence-corrected chi connectivity index (χ4v) is 6.23. The Morgan fingerprint density at radius 1 is 0.604 bits per heavy atom. The Labute approximate surface area is 311 Å². The highest BCUT2D eigenvalue weighted by Crippen LogP contribution is 2.31. The number of hydrogen-bond acceptors (Lipinski definition) is 13. The predicted molar refractivity (Wildman–Crippen MR) is 200 cm³/mol. The molecule has 0 amide bonds. The molecule has 0 aliphatic heterocycles. The van der Waals surface area contributed by atoms with Crippen LogP contribution in [-0.4, -0.2) is 74.8 Å². The molecule has 3 N–H and O–H groups in total. The first-order valence-electron chi connectivity index (χ1n) is 15.3. The van der Waals surface area contributed by atoms with Crippen molar-refractivity contribution in [1.29, 1.82) is 0 Å². The van der Waals surface area contributed by atoms with Crippen molar-refractivity contribution in [3.05, 3.63) is 97.1 Å². The van der Waals surface area contributed by atoms with Crippen LogP contribution in [0.4, 0.5) is 11.9 Å². The molecule has 0 saturated heterocycles. The van der Waals surface area contributed by atoms with Crippen LogP contribution in [0, 0.1) is 0 Å². The first-order valence-corrected chi connectivity index (χ1v) is 19.1. The Balaban J connectivity index is 0.000000196. The largest absolute Gasteiger partial charge is 0.493 e. The standard InChI is InChI=1S/C17H18N4O4S.C9H10N4.C8H9ClO4S/c1-21-17(18-16(19-21)12-7-5-4-6-8-12)20-26(22,23)13-9-10-14(24-2)15(11-13)25-3;1-13-9(10)11-8(12-13)7-5-3-2-4-6-7;1-12-7-4-3-6(14(9,10)11)5-8(7)13-2/h4-11H,1-3H3,(H,18,19,20);2-6H,1H3,(H2,10,11,12);3-5H,1-2H3. The van der Waals surface area contributed by atoms with Crippen molar-refractivity contribution < 1.29 is 35.8 Å². The second-order valence-corrected chi connectivity index (χ2v) is 14.9. The van der Waals surface area contributed by atoms with Crippen LogP contribution >= 0.6 is 10.7 Å². The zero-order valence-electron chi connectivity index (χ0n) is 29.5. The lowest BCUT2D eigenvalue weighted by Gasteiger charge is -2.11. The van der Waals surface area contributed by atoms with E-state index in [1.54, 1.807) is 18.8 Å². The van der Waals surface area contributed by atoms with E-state index < -0.39 is 19.1 Å². The van der Waals surface area contributed by atoms with E-state index >= 15 is 0 Å². The number of aromatic nitrogens is 6. The van der Waals surface area contributed by atoms with Crippen LogP contribution in [0.1, 0.15) is 0 Å². The van der Waals surface area contributed by atoms with Gasteiger partial charge in [-0.15, -0.1) is 10.2 Å². The molecule has 0 radical (unpaired) electrons. The summed E-state index contributed by atoms with van der Waals surface area (Å²) >= 11 is 0. The average molecular weight is 785 g/mol. The van der Waals surface area contributed by atoms with Crippen molar-refractivity contribution in [2.75, 3.05) is 38.9 Å². The quantitative estimate of drug-likeness (QED) is 0.176. The monoisotopic (exact) mass is 784 g/mol. The third-order valence-electron chi connectivity index (χ3n) is 7.15. The molecule has 280 valence electrons. The van der Waals surface area contributed by atoms with E-state index in [9.17, 15) is 16.8 Å². The molecule has 2 aromatic heterocycles. The van der Waals surface area contributed by atoms with Gasteiger partial charge < -0.3 is 24.7 Å². The molecule has 0 atom stereocenters. The second-order valence-electron chi connectivity index (χ2n) is 10.6. The van der Waals surface area contributed by atoms with Gasteiger partial charge in [-0.1, -0.05) is 60.7 Å². The smallest absolute Gasteiger partial charge is 0.264 e. The van der Waals surface area contributed by atoms with Crippen LogP contribution in [0.5, 0.6) is 23.0 Å². The summed E-state index contributed by atoms with van der Waals surface area (Å²) in [5.74, 6) is 3.18. The van der Waals surface area contributed by atoms with E-state index in [0.717, 1.165) is 11.1 Å². The number of aryl methyl sites for hydroxylation is 2. The molecule has 0 saturated carbocycles. The van der Waals surface area contributed by atoms with E-state index in [1.807, 2.05) is 60.7 Å². The van der Waals surface area contributed by atoms with Crippen molar-refractivity contribution in [3.63, 3.8) is 0 Å². The van der Waals surface area contributed by atoms with Crippen LogP contribution < -0.4 is 29.4 Å². The molecule has 4 aromatic carbocycles. The van der Waals surface area contributed by atoms with Gasteiger partial charge in [0.05, 0.1) is 38.2 Å². The Kier molecular flexibility index (Phi) is 13.2. The van der Waals surface area contributed by atoms with Gasteiger partial charge in [0.25, 0.3) is 19.1 Å². The molecule has 0 unspecified atom stereocenters. The van der Waals surface area contributed by atoms with Crippen molar-refractivity contribution in [2.24, 2.45) is 14.1 Å². The highest BCUT2D eigenvalue weighted by Gasteiger charge is 2.21. The van der Waals surface area contributed by atoms with Crippen LogP contribution in [0.2, 0.25) is 0 Å². The number of hydrogen-bond donors (Lipinski definition) is 2. The number of nitrogens with one attached hydrogen (secondary N) is 1. The third kappa shape index (κ3) is 10.4. The average Bonchev–Trinajstić information content (AvgIpc) is 3.70. The highest BCUT2D eigenvalue weighted by molar-refractivity contribution is 8.13. The molecule has 19 heteroatoms. The van der Waals surface area contributed by atoms with E-state index in [-0.39, 0.29) is 15.7 Å². The highest BCUT2D eigenvalue weighted by atomic mass is 35.7. The summed E-state index contributed by atoms with van der Waals surface area (Å²) in [7, 11) is 6.76. The summed E-state index contributed by atoms with van der Waals surface area (Å²) in [6.45, 7) is 0. The summed E-state index contributed by atoms with van der Waals surface area (Å²) in [6, 6.07) is 27.5. The number of sulfonamides is 1. The van der Waals surface area contributed by atoms with Crippen LogP contribution in [-0.2, 0) is 33.2 Å². The Morgan fingerprint density at radius 3 is 1.47 bits per heavy atom. The Morgan fingerprint density at radius 2 is 1.04 bits per heavy atom. The number of halogens is 1. The molecule has 6 aromatic rings. The van der Waals surface area contributed by atoms with E-state index in [4.69, 9.17) is 35.4 Å². The fourth-order valence-electron chi connectivity index (χ4n) is 4.42. The van der Waals surface area contributed by atoms with Crippen molar-refractivity contribution >= 4 is 41.7 Å². The first kappa shape index (κ1) is 39.9. The Bertz CT molecular complexity index is 2340. The van der Waals surface area contributed by atoms with Gasteiger partial charge >= 0.3 is 0 Å². The molecule has 16 nitrogen and oxygen atoms in total. The minimum absolute atomic E-state index is 0.0168. The van der Waals surface area contributed by atoms with Crippen molar-refractivity contribution in [1.82, 2.24) is 29.5 Å².